The van der Waals surface area contributed by atoms with Crippen molar-refractivity contribution in [3.05, 3.63) is 78.4 Å². The van der Waals surface area contributed by atoms with Crippen LogP contribution in [-0.4, -0.2) is 50.2 Å². The van der Waals surface area contributed by atoms with Crippen molar-refractivity contribution in [3.8, 4) is 11.1 Å². The second-order valence-corrected chi connectivity index (χ2v) is 12.3. The maximum atomic E-state index is 12.7. The summed E-state index contributed by atoms with van der Waals surface area (Å²) in [4.78, 5) is 26.1. The summed E-state index contributed by atoms with van der Waals surface area (Å²) in [7, 11) is -2.21. The van der Waals surface area contributed by atoms with Crippen LogP contribution in [0.3, 0.4) is 0 Å². The quantitative estimate of drug-likeness (QED) is 0.167. The number of rotatable bonds is 8. The van der Waals surface area contributed by atoms with E-state index in [-0.39, 0.29) is 23.2 Å². The largest absolute Gasteiger partial charge is 0.445 e. The molecule has 0 saturated carbocycles. The predicted molar refractivity (Wildman–Crippen MR) is 153 cm³/mol. The van der Waals surface area contributed by atoms with Crippen molar-refractivity contribution in [1.82, 2.24) is 5.32 Å². The van der Waals surface area contributed by atoms with Gasteiger partial charge in [0.05, 0.1) is 11.4 Å². The molecule has 14 heteroatoms. The topological polar surface area (TPSA) is 155 Å². The summed E-state index contributed by atoms with van der Waals surface area (Å²) < 4.78 is 26.8. The summed E-state index contributed by atoms with van der Waals surface area (Å²) in [6.07, 6.45) is -0.955. The Morgan fingerprint density at radius 1 is 1.03 bits per heavy atom. The Morgan fingerprint density at radius 2 is 1.69 bits per heavy atom. The Kier molecular flexibility index (Phi) is 9.81. The van der Waals surface area contributed by atoms with E-state index in [1.807, 2.05) is 0 Å². The van der Waals surface area contributed by atoms with E-state index < -0.39 is 26.5 Å². The van der Waals surface area contributed by atoms with Crippen LogP contribution in [0.25, 0.3) is 11.1 Å². The van der Waals surface area contributed by atoms with E-state index in [9.17, 15) is 18.0 Å². The number of anilines is 2. The minimum atomic E-state index is -3.90. The number of halogens is 3. The average Bonchev–Trinajstić information content (AvgIpc) is 2.87. The third kappa shape index (κ3) is 9.12. The Morgan fingerprint density at radius 3 is 2.33 bits per heavy atom. The first-order chi connectivity index (χ1) is 18.2. The fourth-order valence-corrected chi connectivity index (χ4v) is 4.37. The number of nitrogens with zero attached hydrogens (tertiary/aromatic N) is 1. The zero-order valence-electron chi connectivity index (χ0n) is 20.5. The first kappa shape index (κ1) is 30.2. The van der Waals surface area contributed by atoms with Crippen molar-refractivity contribution in [2.24, 2.45) is 5.14 Å². The van der Waals surface area contributed by atoms with Gasteiger partial charge in [0, 0.05) is 29.5 Å². The molecule has 10 nitrogen and oxygen atoms in total. The monoisotopic (exact) mass is 611 g/mol. The van der Waals surface area contributed by atoms with Crippen LogP contribution in [0.2, 0.25) is 0 Å². The Hall–Kier alpha value is -3.35. The Labute approximate surface area is 240 Å². The van der Waals surface area contributed by atoms with E-state index in [4.69, 9.17) is 50.1 Å². The lowest BCUT2D eigenvalue weighted by Gasteiger charge is -2.20. The summed E-state index contributed by atoms with van der Waals surface area (Å²) in [5, 5.41) is 18.4. The van der Waals surface area contributed by atoms with E-state index >= 15 is 0 Å². The highest BCUT2D eigenvalue weighted by molar-refractivity contribution is 7.89. The molecule has 0 atom stereocenters. The van der Waals surface area contributed by atoms with Gasteiger partial charge < -0.3 is 15.0 Å². The van der Waals surface area contributed by atoms with Crippen LogP contribution in [-0.2, 0) is 19.6 Å². The molecule has 0 aromatic heterocycles. The van der Waals surface area contributed by atoms with Gasteiger partial charge in [-0.2, -0.15) is 0 Å². The molecule has 0 fully saturated rings. The Bertz CT molecular complexity index is 1480. The number of amidine groups is 1. The number of sulfonamides is 1. The van der Waals surface area contributed by atoms with Crippen LogP contribution < -0.4 is 20.7 Å². The molecule has 0 bridgehead atoms. The summed E-state index contributed by atoms with van der Waals surface area (Å²) in [5.74, 6) is -0.558. The standard InChI is InChI=1S/C25H24Cl3N5O5S/c1-33(19-6-4-5-17(13-19)23(29)32-24(35)38-15-25(26,27)28)14-22(34)31-18-11-9-16(10-12-18)20-7-2-3-8-21(20)39(30,36)37/h2-13H,14-15H2,1H3,(H,31,34)(H2,29,32,35)(H2,30,36,37). The molecule has 0 radical (unpaired) electrons. The minimum Gasteiger partial charge on any atom is -0.445 e. The van der Waals surface area contributed by atoms with Crippen LogP contribution in [0.15, 0.2) is 77.7 Å². The average molecular weight is 613 g/mol. The third-order valence-electron chi connectivity index (χ3n) is 5.22. The van der Waals surface area contributed by atoms with Crippen LogP contribution in [0.5, 0.6) is 0 Å². The molecule has 0 heterocycles. The van der Waals surface area contributed by atoms with Crippen molar-refractivity contribution >= 4 is 74.0 Å². The molecule has 3 aromatic carbocycles. The number of carbonyl (C=O) groups is 2. The molecule has 0 aliphatic heterocycles. The normalized spacial score (nSPS) is 11.4. The fraction of sp³-hybridized carbons (Fsp3) is 0.160. The van der Waals surface area contributed by atoms with Crippen LogP contribution in [0, 0.1) is 5.41 Å². The number of hydrogen-bond donors (Lipinski definition) is 4. The number of ether oxygens (including phenoxy) is 1. The van der Waals surface area contributed by atoms with Gasteiger partial charge in [0.1, 0.15) is 12.4 Å². The second-order valence-electron chi connectivity index (χ2n) is 8.26. The molecule has 0 saturated heterocycles. The van der Waals surface area contributed by atoms with Gasteiger partial charge >= 0.3 is 6.09 Å². The van der Waals surface area contributed by atoms with Gasteiger partial charge in [-0.3, -0.25) is 15.5 Å². The van der Waals surface area contributed by atoms with Crippen molar-refractivity contribution in [2.75, 3.05) is 30.4 Å². The molecule has 0 unspecified atom stereocenters. The number of alkyl carbamates (subject to hydrolysis) is 1. The van der Waals surface area contributed by atoms with E-state index in [0.29, 0.717) is 28.1 Å². The Balaban J connectivity index is 1.61. The number of carbonyl (C=O) groups excluding carboxylic acids is 2. The van der Waals surface area contributed by atoms with Crippen molar-refractivity contribution in [2.45, 2.75) is 8.69 Å². The van der Waals surface area contributed by atoms with E-state index in [2.05, 4.69) is 10.6 Å². The predicted octanol–water partition coefficient (Wildman–Crippen LogP) is 4.50. The molecule has 0 aliphatic carbocycles. The zero-order valence-corrected chi connectivity index (χ0v) is 23.5. The molecular formula is C25H24Cl3N5O5S. The molecule has 5 N–H and O–H groups in total. The highest BCUT2D eigenvalue weighted by Gasteiger charge is 2.22. The molecule has 39 heavy (non-hydrogen) atoms. The van der Waals surface area contributed by atoms with Gasteiger partial charge in [0.25, 0.3) is 0 Å². The summed E-state index contributed by atoms with van der Waals surface area (Å²) in [5.41, 5.74) is 2.56. The lowest BCUT2D eigenvalue weighted by Crippen LogP contribution is -2.33. The summed E-state index contributed by atoms with van der Waals surface area (Å²) in [6.45, 7) is -0.508. The number of nitrogens with one attached hydrogen (secondary N) is 3. The third-order valence-corrected chi connectivity index (χ3v) is 6.52. The minimum absolute atomic E-state index is 0.00798. The van der Waals surface area contributed by atoms with Crippen molar-refractivity contribution in [3.63, 3.8) is 0 Å². The number of primary sulfonamides is 1. The first-order valence-corrected chi connectivity index (χ1v) is 13.8. The van der Waals surface area contributed by atoms with Crippen molar-refractivity contribution < 1.29 is 22.7 Å². The number of alkyl halides is 3. The SMILES string of the molecule is CN(CC(=O)Nc1ccc(-c2ccccc2S(N)(=O)=O)cc1)c1cccc(C(=N)NC(=O)OCC(Cl)(Cl)Cl)c1. The van der Waals surface area contributed by atoms with Crippen LogP contribution in [0.1, 0.15) is 5.56 Å². The van der Waals surface area contributed by atoms with E-state index in [1.165, 1.54) is 6.07 Å². The molecule has 3 aromatic rings. The molecule has 3 rings (SSSR count). The number of hydrogen-bond acceptors (Lipinski definition) is 7. The molecular weight excluding hydrogens is 589 g/mol. The molecule has 206 valence electrons. The van der Waals surface area contributed by atoms with Gasteiger partial charge in [-0.05, 0) is 35.9 Å². The van der Waals surface area contributed by atoms with Crippen LogP contribution >= 0.6 is 34.8 Å². The molecule has 0 aliphatic rings. The number of nitrogens with two attached hydrogens (primary N) is 1. The first-order valence-electron chi connectivity index (χ1n) is 11.2. The van der Waals surface area contributed by atoms with Crippen LogP contribution in [0.4, 0.5) is 16.2 Å². The maximum absolute atomic E-state index is 12.7. The molecule has 2 amide bonds. The lowest BCUT2D eigenvalue weighted by atomic mass is 10.1. The van der Waals surface area contributed by atoms with Crippen molar-refractivity contribution in [1.29, 1.82) is 5.41 Å². The lowest BCUT2D eigenvalue weighted by molar-refractivity contribution is -0.114. The number of likely N-dealkylation sites (N-methyl/N-ethyl adjacent to an activating group) is 1. The second kappa shape index (κ2) is 12.7. The van der Waals surface area contributed by atoms with E-state index in [1.54, 1.807) is 78.7 Å². The summed E-state index contributed by atoms with van der Waals surface area (Å²) in [6, 6.07) is 19.7. The maximum Gasteiger partial charge on any atom is 0.412 e. The highest BCUT2D eigenvalue weighted by Crippen LogP contribution is 2.28. The molecule has 0 spiro atoms. The van der Waals surface area contributed by atoms with Gasteiger partial charge in [0.15, 0.2) is 0 Å². The van der Waals surface area contributed by atoms with Gasteiger partial charge in [-0.25, -0.2) is 18.4 Å². The zero-order chi connectivity index (χ0) is 28.8. The van der Waals surface area contributed by atoms with Gasteiger partial charge in [-0.15, -0.1) is 0 Å². The van der Waals surface area contributed by atoms with Gasteiger partial charge in [0.2, 0.25) is 19.7 Å². The van der Waals surface area contributed by atoms with E-state index in [0.717, 1.165) is 0 Å². The summed E-state index contributed by atoms with van der Waals surface area (Å²) >= 11 is 16.6. The number of amides is 2. The van der Waals surface area contributed by atoms with Gasteiger partial charge in [-0.1, -0.05) is 77.3 Å². The smallest absolute Gasteiger partial charge is 0.412 e. The highest BCUT2D eigenvalue weighted by atomic mass is 35.6. The fourth-order valence-electron chi connectivity index (χ4n) is 3.45. The number of benzene rings is 3.